The van der Waals surface area contributed by atoms with Gasteiger partial charge in [0.15, 0.2) is 5.96 Å². The van der Waals surface area contributed by atoms with Gasteiger partial charge < -0.3 is 15.5 Å². The number of aliphatic imine (C=N–C) groups is 1. The predicted octanol–water partition coefficient (Wildman–Crippen LogP) is 3.69. The Labute approximate surface area is 212 Å². The average Bonchev–Trinajstić information content (AvgIpc) is 3.36. The van der Waals surface area contributed by atoms with Crippen LogP contribution in [0, 0.1) is 0 Å². The van der Waals surface area contributed by atoms with Crippen LogP contribution in [0.5, 0.6) is 0 Å². The number of piperidine rings is 1. The van der Waals surface area contributed by atoms with E-state index in [0.717, 1.165) is 31.9 Å². The van der Waals surface area contributed by atoms with Gasteiger partial charge in [0, 0.05) is 43.6 Å². The molecule has 2 bridgehead atoms. The maximum Gasteiger partial charge on any atom is 0.243 e. The first-order valence-electron chi connectivity index (χ1n) is 11.2. The van der Waals surface area contributed by atoms with Gasteiger partial charge in [-0.1, -0.05) is 36.4 Å². The minimum Gasteiger partial charge on any atom is -0.354 e. The fraction of sp³-hybridized carbons (Fsp3) is 0.500. The molecule has 2 aliphatic rings. The zero-order chi connectivity index (χ0) is 21.6. The minimum absolute atomic E-state index is 0. The number of guanidine groups is 1. The Balaban J connectivity index is 0.00000289. The summed E-state index contributed by atoms with van der Waals surface area (Å²) < 4.78 is 0. The number of halogens is 1. The van der Waals surface area contributed by atoms with Gasteiger partial charge in [0.25, 0.3) is 0 Å². The highest BCUT2D eigenvalue weighted by Crippen LogP contribution is 2.36. The summed E-state index contributed by atoms with van der Waals surface area (Å²) in [5.74, 6) is 0.750. The Kier molecular flexibility index (Phi) is 9.36. The second-order valence-electron chi connectivity index (χ2n) is 8.74. The normalized spacial score (nSPS) is 22.8. The molecular formula is C24H34IN5OS. The van der Waals surface area contributed by atoms with Crippen LogP contribution in [0.2, 0.25) is 0 Å². The van der Waals surface area contributed by atoms with E-state index in [2.05, 4.69) is 68.4 Å². The molecule has 2 fully saturated rings. The Bertz CT molecular complexity index is 860. The topological polar surface area (TPSA) is 60.0 Å². The van der Waals surface area contributed by atoms with Crippen molar-refractivity contribution < 1.29 is 4.79 Å². The van der Waals surface area contributed by atoms with E-state index < -0.39 is 0 Å². The molecule has 0 saturated carbocycles. The Hall–Kier alpha value is -1.65. The first-order chi connectivity index (χ1) is 15.1. The van der Waals surface area contributed by atoms with E-state index in [0.29, 0.717) is 18.1 Å². The zero-order valence-corrected chi connectivity index (χ0v) is 22.0. The van der Waals surface area contributed by atoms with Gasteiger partial charge in [0.05, 0.1) is 6.54 Å². The van der Waals surface area contributed by atoms with E-state index in [4.69, 9.17) is 0 Å². The van der Waals surface area contributed by atoms with Crippen LogP contribution in [-0.4, -0.2) is 60.4 Å². The molecule has 3 heterocycles. The maximum absolute atomic E-state index is 12.1. The molecule has 2 aromatic rings. The second kappa shape index (κ2) is 12.0. The van der Waals surface area contributed by atoms with Gasteiger partial charge >= 0.3 is 0 Å². The number of fused-ring (bicyclic) bond motifs is 2. The van der Waals surface area contributed by atoms with Gasteiger partial charge in [0.1, 0.15) is 6.54 Å². The number of rotatable bonds is 7. The average molecular weight is 568 g/mol. The predicted molar refractivity (Wildman–Crippen MR) is 143 cm³/mol. The van der Waals surface area contributed by atoms with Crippen molar-refractivity contribution in [3.8, 4) is 0 Å². The molecule has 2 atom stereocenters. The van der Waals surface area contributed by atoms with Gasteiger partial charge in [-0.3, -0.25) is 9.69 Å². The lowest BCUT2D eigenvalue weighted by Crippen LogP contribution is -2.52. The maximum atomic E-state index is 12.1. The molecule has 6 nitrogen and oxygen atoms in total. The van der Waals surface area contributed by atoms with Crippen LogP contribution >= 0.6 is 35.3 Å². The van der Waals surface area contributed by atoms with E-state index in [9.17, 15) is 4.79 Å². The van der Waals surface area contributed by atoms with Crippen molar-refractivity contribution in [2.45, 2.75) is 56.9 Å². The molecule has 2 N–H and O–H groups in total. The summed E-state index contributed by atoms with van der Waals surface area (Å²) >= 11 is 1.73. The summed E-state index contributed by atoms with van der Waals surface area (Å²) in [7, 11) is 3.54. The molecule has 174 valence electrons. The third kappa shape index (κ3) is 6.68. The van der Waals surface area contributed by atoms with Crippen molar-refractivity contribution in [2.75, 3.05) is 20.6 Å². The van der Waals surface area contributed by atoms with Gasteiger partial charge in [-0.2, -0.15) is 0 Å². The van der Waals surface area contributed by atoms with Crippen LogP contribution in [0.15, 0.2) is 52.8 Å². The Morgan fingerprint density at radius 3 is 2.47 bits per heavy atom. The molecule has 0 aliphatic carbocycles. The standard InChI is InChI=1S/C24H33N5OS.HI/c1-28(2)23(30)16-26-24(25-15-22-9-6-12-31-22)27-19-13-20-10-11-21(14-19)29(20)17-18-7-4-3-5-8-18;/h3-9,12,19-21H,10-11,13-17H2,1-2H3,(H2,25,26,27);1H. The Morgan fingerprint density at radius 1 is 1.12 bits per heavy atom. The van der Waals surface area contributed by atoms with Crippen LogP contribution in [0.3, 0.4) is 0 Å². The summed E-state index contributed by atoms with van der Waals surface area (Å²) in [5, 5.41) is 9.15. The lowest BCUT2D eigenvalue weighted by Gasteiger charge is -2.39. The molecule has 0 radical (unpaired) electrons. The summed E-state index contributed by atoms with van der Waals surface area (Å²) in [4.78, 5) is 22.2. The largest absolute Gasteiger partial charge is 0.354 e. The van der Waals surface area contributed by atoms with Crippen molar-refractivity contribution in [3.63, 3.8) is 0 Å². The van der Waals surface area contributed by atoms with Crippen LogP contribution in [-0.2, 0) is 17.9 Å². The van der Waals surface area contributed by atoms with E-state index in [1.807, 2.05) is 0 Å². The molecule has 2 saturated heterocycles. The number of carbonyl (C=O) groups is 1. The third-order valence-electron chi connectivity index (χ3n) is 6.31. The minimum atomic E-state index is 0. The Morgan fingerprint density at radius 2 is 1.84 bits per heavy atom. The van der Waals surface area contributed by atoms with E-state index >= 15 is 0 Å². The molecular weight excluding hydrogens is 533 g/mol. The van der Waals surface area contributed by atoms with Gasteiger partial charge in [-0.05, 0) is 42.7 Å². The smallest absolute Gasteiger partial charge is 0.243 e. The first kappa shape index (κ1) is 25.0. The second-order valence-corrected chi connectivity index (χ2v) is 9.77. The summed E-state index contributed by atoms with van der Waals surface area (Å²) in [6.07, 6.45) is 4.77. The highest BCUT2D eigenvalue weighted by Gasteiger charge is 2.40. The van der Waals surface area contributed by atoms with E-state index in [-0.39, 0.29) is 36.4 Å². The summed E-state index contributed by atoms with van der Waals surface area (Å²) in [5.41, 5.74) is 1.40. The molecule has 1 amide bonds. The van der Waals surface area contributed by atoms with Crippen LogP contribution in [0.1, 0.15) is 36.1 Å². The molecule has 0 spiro atoms. The van der Waals surface area contributed by atoms with E-state index in [1.165, 1.54) is 23.3 Å². The monoisotopic (exact) mass is 567 g/mol. The fourth-order valence-electron chi connectivity index (χ4n) is 4.66. The van der Waals surface area contributed by atoms with Crippen molar-refractivity contribution in [1.82, 2.24) is 20.4 Å². The molecule has 2 unspecified atom stereocenters. The molecule has 4 rings (SSSR count). The van der Waals surface area contributed by atoms with Crippen molar-refractivity contribution in [2.24, 2.45) is 4.99 Å². The SMILES string of the molecule is CN(C)C(=O)CN=C(NCc1cccs1)NC1CC2CCC(C1)N2Cc1ccccc1.I. The quantitative estimate of drug-likeness (QED) is 0.305. The first-order valence-corrected chi connectivity index (χ1v) is 12.0. The number of hydrogen-bond donors (Lipinski definition) is 2. The summed E-state index contributed by atoms with van der Waals surface area (Å²) in [6, 6.07) is 16.6. The van der Waals surface area contributed by atoms with Crippen molar-refractivity contribution >= 4 is 47.2 Å². The van der Waals surface area contributed by atoms with Gasteiger partial charge in [-0.15, -0.1) is 35.3 Å². The van der Waals surface area contributed by atoms with Crippen molar-refractivity contribution in [3.05, 3.63) is 58.3 Å². The van der Waals surface area contributed by atoms with Crippen LogP contribution in [0.4, 0.5) is 0 Å². The lowest BCUT2D eigenvalue weighted by atomic mass is 9.96. The van der Waals surface area contributed by atoms with E-state index in [1.54, 1.807) is 30.3 Å². The van der Waals surface area contributed by atoms with Crippen LogP contribution < -0.4 is 10.6 Å². The number of thiophene rings is 1. The number of benzene rings is 1. The summed E-state index contributed by atoms with van der Waals surface area (Å²) in [6.45, 7) is 1.92. The number of hydrogen-bond acceptors (Lipinski definition) is 4. The fourth-order valence-corrected chi connectivity index (χ4v) is 5.31. The number of likely N-dealkylation sites (N-methyl/N-ethyl adjacent to an activating group) is 1. The van der Waals surface area contributed by atoms with Gasteiger partial charge in [-0.25, -0.2) is 4.99 Å². The van der Waals surface area contributed by atoms with Crippen molar-refractivity contribution in [1.29, 1.82) is 0 Å². The zero-order valence-electron chi connectivity index (χ0n) is 18.9. The van der Waals surface area contributed by atoms with Crippen LogP contribution in [0.25, 0.3) is 0 Å². The van der Waals surface area contributed by atoms with Gasteiger partial charge in [0.2, 0.25) is 5.91 Å². The number of nitrogens with one attached hydrogen (secondary N) is 2. The molecule has 1 aromatic heterocycles. The highest BCUT2D eigenvalue weighted by molar-refractivity contribution is 14.0. The third-order valence-corrected chi connectivity index (χ3v) is 7.19. The number of carbonyl (C=O) groups excluding carboxylic acids is 1. The molecule has 32 heavy (non-hydrogen) atoms. The molecule has 2 aliphatic heterocycles. The number of amides is 1. The molecule has 8 heteroatoms. The lowest BCUT2D eigenvalue weighted by molar-refractivity contribution is -0.127. The molecule has 1 aromatic carbocycles. The highest BCUT2D eigenvalue weighted by atomic mass is 127. The number of nitrogens with zero attached hydrogens (tertiary/aromatic N) is 3.